The van der Waals surface area contributed by atoms with Gasteiger partial charge in [0.15, 0.2) is 5.82 Å². The molecular formula is C16H20BrN3O2. The zero-order valence-corrected chi connectivity index (χ0v) is 14.8. The van der Waals surface area contributed by atoms with E-state index < -0.39 is 0 Å². The van der Waals surface area contributed by atoms with E-state index >= 15 is 0 Å². The number of hydrogen-bond acceptors (Lipinski definition) is 5. The molecule has 0 radical (unpaired) electrons. The summed E-state index contributed by atoms with van der Waals surface area (Å²) in [6, 6.07) is 8.05. The van der Waals surface area contributed by atoms with Gasteiger partial charge >= 0.3 is 0 Å². The zero-order valence-electron chi connectivity index (χ0n) is 13.2. The van der Waals surface area contributed by atoms with Crippen LogP contribution in [0.4, 0.5) is 5.82 Å². The second kappa shape index (κ2) is 7.56. The van der Waals surface area contributed by atoms with Crippen molar-refractivity contribution in [3.05, 3.63) is 45.8 Å². The van der Waals surface area contributed by atoms with Crippen molar-refractivity contribution in [2.45, 2.75) is 26.5 Å². The van der Waals surface area contributed by atoms with E-state index in [4.69, 9.17) is 9.47 Å². The molecule has 118 valence electrons. The Morgan fingerprint density at radius 1 is 1.23 bits per heavy atom. The number of benzene rings is 1. The van der Waals surface area contributed by atoms with E-state index in [1.54, 1.807) is 14.2 Å². The summed E-state index contributed by atoms with van der Waals surface area (Å²) in [7, 11) is 3.29. The Morgan fingerprint density at radius 2 is 2.00 bits per heavy atom. The lowest BCUT2D eigenvalue weighted by Crippen LogP contribution is -2.10. The lowest BCUT2D eigenvalue weighted by Gasteiger charge is -2.17. The molecule has 2 rings (SSSR count). The summed E-state index contributed by atoms with van der Waals surface area (Å²) in [4.78, 5) is 8.80. The molecule has 22 heavy (non-hydrogen) atoms. The molecule has 0 saturated carbocycles. The predicted octanol–water partition coefficient (Wildman–Crippen LogP) is 3.88. The molecule has 1 N–H and O–H groups in total. The third-order valence-corrected chi connectivity index (χ3v) is 3.83. The van der Waals surface area contributed by atoms with Gasteiger partial charge in [-0.05, 0) is 47.5 Å². The van der Waals surface area contributed by atoms with Gasteiger partial charge in [0, 0.05) is 24.9 Å². The number of nitrogens with zero attached hydrogens (tertiary/aromatic N) is 2. The van der Waals surface area contributed by atoms with Crippen molar-refractivity contribution in [3.63, 3.8) is 0 Å². The van der Waals surface area contributed by atoms with Gasteiger partial charge in [0.1, 0.15) is 18.2 Å². The Kier molecular flexibility index (Phi) is 5.74. The average molecular weight is 366 g/mol. The van der Waals surface area contributed by atoms with Gasteiger partial charge < -0.3 is 14.8 Å². The smallest absolute Gasteiger partial charge is 0.156 e. The lowest BCUT2D eigenvalue weighted by atomic mass is 10.1. The van der Waals surface area contributed by atoms with Gasteiger partial charge in [-0.25, -0.2) is 9.97 Å². The van der Waals surface area contributed by atoms with Crippen LogP contribution in [0.15, 0.2) is 28.7 Å². The molecule has 0 amide bonds. The maximum atomic E-state index is 5.25. The molecule has 1 heterocycles. The van der Waals surface area contributed by atoms with Gasteiger partial charge in [-0.2, -0.15) is 0 Å². The number of aryl methyl sites for hydroxylation is 1. The summed E-state index contributed by atoms with van der Waals surface area (Å²) in [6.45, 7) is 4.43. The molecule has 0 aliphatic heterocycles. The maximum Gasteiger partial charge on any atom is 0.156 e. The number of nitrogens with one attached hydrogen (secondary N) is 1. The minimum Gasteiger partial charge on any atom is -0.496 e. The van der Waals surface area contributed by atoms with Gasteiger partial charge in [-0.3, -0.25) is 0 Å². The molecule has 0 bridgehead atoms. The Bertz CT molecular complexity index is 649. The monoisotopic (exact) mass is 365 g/mol. The van der Waals surface area contributed by atoms with Crippen LogP contribution < -0.4 is 10.1 Å². The molecule has 6 heteroatoms. The minimum absolute atomic E-state index is 0.104. The third-order valence-electron chi connectivity index (χ3n) is 3.21. The van der Waals surface area contributed by atoms with Crippen LogP contribution in [0, 0.1) is 6.92 Å². The van der Waals surface area contributed by atoms with Crippen LogP contribution in [0.2, 0.25) is 0 Å². The van der Waals surface area contributed by atoms with Crippen molar-refractivity contribution in [2.75, 3.05) is 19.5 Å². The molecule has 0 saturated heterocycles. The van der Waals surface area contributed by atoms with Gasteiger partial charge in [0.25, 0.3) is 0 Å². The summed E-state index contributed by atoms with van der Waals surface area (Å²) in [5.41, 5.74) is 2.05. The molecule has 0 spiro atoms. The fraction of sp³-hybridized carbons (Fsp3) is 0.375. The van der Waals surface area contributed by atoms with E-state index in [1.807, 2.05) is 31.2 Å². The van der Waals surface area contributed by atoms with Gasteiger partial charge in [-0.1, -0.05) is 6.07 Å². The summed E-state index contributed by atoms with van der Waals surface area (Å²) in [6.07, 6.45) is 0. The van der Waals surface area contributed by atoms with Crippen molar-refractivity contribution in [1.29, 1.82) is 0 Å². The lowest BCUT2D eigenvalue weighted by molar-refractivity contribution is 0.177. The highest BCUT2D eigenvalue weighted by Crippen LogP contribution is 2.29. The van der Waals surface area contributed by atoms with Crippen LogP contribution in [0.25, 0.3) is 0 Å². The first-order valence-corrected chi connectivity index (χ1v) is 7.76. The van der Waals surface area contributed by atoms with Crippen LogP contribution in [-0.4, -0.2) is 24.2 Å². The SMILES string of the molecule is COCc1nc(C)cc(NC(C)c2ccc(OC)c(Br)c2)n1. The van der Waals surface area contributed by atoms with Crippen LogP contribution in [-0.2, 0) is 11.3 Å². The molecule has 0 fully saturated rings. The quantitative estimate of drug-likeness (QED) is 0.841. The van der Waals surface area contributed by atoms with E-state index in [0.29, 0.717) is 12.4 Å². The van der Waals surface area contributed by atoms with E-state index in [2.05, 4.69) is 38.1 Å². The molecule has 0 aliphatic carbocycles. The zero-order chi connectivity index (χ0) is 16.1. The Labute approximate surface area is 139 Å². The Morgan fingerprint density at radius 3 is 2.64 bits per heavy atom. The number of halogens is 1. The van der Waals surface area contributed by atoms with E-state index in [1.165, 1.54) is 0 Å². The van der Waals surface area contributed by atoms with Crippen LogP contribution in [0.5, 0.6) is 5.75 Å². The van der Waals surface area contributed by atoms with Crippen molar-refractivity contribution >= 4 is 21.7 Å². The van der Waals surface area contributed by atoms with E-state index in [9.17, 15) is 0 Å². The normalized spacial score (nSPS) is 12.0. The fourth-order valence-corrected chi connectivity index (χ4v) is 2.71. The maximum absolute atomic E-state index is 5.25. The van der Waals surface area contributed by atoms with Crippen LogP contribution in [0.3, 0.4) is 0 Å². The van der Waals surface area contributed by atoms with Crippen molar-refractivity contribution < 1.29 is 9.47 Å². The molecule has 2 aromatic rings. The topological polar surface area (TPSA) is 56.3 Å². The molecule has 1 aromatic carbocycles. The van der Waals surface area contributed by atoms with Gasteiger partial charge in [0.2, 0.25) is 0 Å². The molecule has 1 atom stereocenters. The number of ether oxygens (including phenoxy) is 2. The largest absolute Gasteiger partial charge is 0.496 e. The fourth-order valence-electron chi connectivity index (χ4n) is 2.15. The molecule has 1 aromatic heterocycles. The van der Waals surface area contributed by atoms with Crippen LogP contribution >= 0.6 is 15.9 Å². The Balaban J connectivity index is 2.17. The van der Waals surface area contributed by atoms with Crippen LogP contribution in [0.1, 0.15) is 30.0 Å². The minimum atomic E-state index is 0.104. The van der Waals surface area contributed by atoms with Crippen molar-refractivity contribution in [1.82, 2.24) is 9.97 Å². The van der Waals surface area contributed by atoms with E-state index in [0.717, 1.165) is 27.3 Å². The molecule has 1 unspecified atom stereocenters. The highest BCUT2D eigenvalue weighted by Gasteiger charge is 2.10. The first-order valence-electron chi connectivity index (χ1n) is 6.97. The number of anilines is 1. The first kappa shape index (κ1) is 16.7. The van der Waals surface area contributed by atoms with E-state index in [-0.39, 0.29) is 6.04 Å². The van der Waals surface area contributed by atoms with Crippen molar-refractivity contribution in [2.24, 2.45) is 0 Å². The molecule has 5 nitrogen and oxygen atoms in total. The summed E-state index contributed by atoms with van der Waals surface area (Å²) in [5, 5.41) is 3.39. The second-order valence-electron chi connectivity index (χ2n) is 5.00. The summed E-state index contributed by atoms with van der Waals surface area (Å²) in [5.74, 6) is 2.28. The predicted molar refractivity (Wildman–Crippen MR) is 90.2 cm³/mol. The third kappa shape index (κ3) is 4.18. The Hall–Kier alpha value is -1.66. The molecule has 0 aliphatic rings. The molecular weight excluding hydrogens is 346 g/mol. The summed E-state index contributed by atoms with van der Waals surface area (Å²) >= 11 is 3.51. The number of rotatable bonds is 6. The number of aromatic nitrogens is 2. The van der Waals surface area contributed by atoms with Gasteiger partial charge in [0.05, 0.1) is 11.6 Å². The number of methoxy groups -OCH3 is 2. The first-order chi connectivity index (χ1) is 10.5. The standard InChI is InChI=1S/C16H20BrN3O2/c1-10-7-15(20-16(18-10)9-21-3)19-11(2)12-5-6-14(22-4)13(17)8-12/h5-8,11H,9H2,1-4H3,(H,18,19,20). The van der Waals surface area contributed by atoms with Crippen molar-refractivity contribution in [3.8, 4) is 5.75 Å². The second-order valence-corrected chi connectivity index (χ2v) is 5.86. The average Bonchev–Trinajstić information content (AvgIpc) is 2.46. The highest BCUT2D eigenvalue weighted by molar-refractivity contribution is 9.10. The number of hydrogen-bond donors (Lipinski definition) is 1. The van der Waals surface area contributed by atoms with Gasteiger partial charge in [-0.15, -0.1) is 0 Å². The summed E-state index contributed by atoms with van der Waals surface area (Å²) < 4.78 is 11.3. The highest BCUT2D eigenvalue weighted by atomic mass is 79.9.